The standard InChI is InChI=1S/C16H17NO4S2/c1-9(2)13(15(19)20)17-14(18)12(23-16(17)22)8-10-6-4-5-7-11(10)21-3/h4-9,13H,1-3H3,(H,19,20)/p-1/b12-8+/t13-/m0/s1. The molecule has 1 saturated heterocycles. The largest absolute Gasteiger partial charge is 0.548 e. The van der Waals surface area contributed by atoms with Crippen molar-refractivity contribution >= 4 is 46.3 Å². The number of methoxy groups -OCH3 is 1. The van der Waals surface area contributed by atoms with Crippen LogP contribution >= 0.6 is 24.0 Å². The number of rotatable bonds is 5. The number of ether oxygens (including phenoxy) is 1. The summed E-state index contributed by atoms with van der Waals surface area (Å²) >= 11 is 6.27. The lowest BCUT2D eigenvalue weighted by Gasteiger charge is -2.30. The number of carboxylic acid groups (broad SMARTS) is 1. The Morgan fingerprint density at radius 1 is 1.39 bits per heavy atom. The van der Waals surface area contributed by atoms with Gasteiger partial charge >= 0.3 is 0 Å². The minimum atomic E-state index is -1.31. The molecular formula is C16H16NO4S2-. The number of thiocarbonyl (C=S) groups is 1. The first-order valence-corrected chi connectivity index (χ1v) is 8.20. The number of carboxylic acids is 1. The number of hydrogen-bond donors (Lipinski definition) is 0. The SMILES string of the molecule is COc1ccccc1/C=C1/SC(=S)N([C@H](C(=O)[O-])C(C)C)C1=O. The molecule has 7 heteroatoms. The fourth-order valence-electron chi connectivity index (χ4n) is 2.32. The summed E-state index contributed by atoms with van der Waals surface area (Å²) in [6, 6.07) is 6.17. The molecule has 0 radical (unpaired) electrons. The first kappa shape index (κ1) is 17.5. The van der Waals surface area contributed by atoms with Crippen LogP contribution in [0.15, 0.2) is 29.2 Å². The van der Waals surface area contributed by atoms with Crippen LogP contribution in [0.3, 0.4) is 0 Å². The molecule has 23 heavy (non-hydrogen) atoms. The molecule has 1 amide bonds. The minimum Gasteiger partial charge on any atom is -0.548 e. The first-order chi connectivity index (χ1) is 10.9. The monoisotopic (exact) mass is 350 g/mol. The number of hydrogen-bond acceptors (Lipinski definition) is 6. The maximum atomic E-state index is 12.6. The zero-order chi connectivity index (χ0) is 17.1. The van der Waals surface area contributed by atoms with Crippen LogP contribution in [-0.4, -0.2) is 34.2 Å². The summed E-state index contributed by atoms with van der Waals surface area (Å²) < 4.78 is 5.47. The molecule has 0 N–H and O–H groups in total. The Bertz CT molecular complexity index is 684. The number of thioether (sulfide) groups is 1. The van der Waals surface area contributed by atoms with Crippen molar-refractivity contribution in [2.75, 3.05) is 7.11 Å². The van der Waals surface area contributed by atoms with Crippen LogP contribution < -0.4 is 9.84 Å². The number of nitrogens with zero attached hydrogens (tertiary/aromatic N) is 1. The van der Waals surface area contributed by atoms with Crippen molar-refractivity contribution in [2.45, 2.75) is 19.9 Å². The second kappa shape index (κ2) is 7.14. The summed E-state index contributed by atoms with van der Waals surface area (Å²) in [5, 5.41) is 11.4. The molecule has 5 nitrogen and oxygen atoms in total. The minimum absolute atomic E-state index is 0.221. The van der Waals surface area contributed by atoms with E-state index < -0.39 is 17.9 Å². The van der Waals surface area contributed by atoms with Crippen molar-refractivity contribution in [3.05, 3.63) is 34.7 Å². The molecule has 122 valence electrons. The topological polar surface area (TPSA) is 69.7 Å². The Labute approximate surface area is 144 Å². The molecule has 1 fully saturated rings. The molecule has 0 bridgehead atoms. The zero-order valence-electron chi connectivity index (χ0n) is 12.9. The Morgan fingerprint density at radius 3 is 2.61 bits per heavy atom. The van der Waals surface area contributed by atoms with E-state index in [0.29, 0.717) is 10.7 Å². The number of para-hydroxylation sites is 1. The second-order valence-corrected chi connectivity index (χ2v) is 6.98. The fourth-order valence-corrected chi connectivity index (χ4v) is 3.64. The van der Waals surface area contributed by atoms with Crippen molar-refractivity contribution in [3.63, 3.8) is 0 Å². The molecule has 1 aromatic carbocycles. The molecule has 0 spiro atoms. The fraction of sp³-hybridized carbons (Fsp3) is 0.312. The van der Waals surface area contributed by atoms with Crippen LogP contribution in [0, 0.1) is 5.92 Å². The quantitative estimate of drug-likeness (QED) is 0.594. The Kier molecular flexibility index (Phi) is 5.43. The Morgan fingerprint density at radius 2 is 2.04 bits per heavy atom. The number of amides is 1. The number of aliphatic carboxylic acids is 1. The van der Waals surface area contributed by atoms with Crippen LogP contribution in [0.2, 0.25) is 0 Å². The number of benzene rings is 1. The molecular weight excluding hydrogens is 334 g/mol. The van der Waals surface area contributed by atoms with E-state index in [-0.39, 0.29) is 10.2 Å². The van der Waals surface area contributed by atoms with Gasteiger partial charge in [0.1, 0.15) is 10.1 Å². The van der Waals surface area contributed by atoms with Gasteiger partial charge in [0.25, 0.3) is 5.91 Å². The van der Waals surface area contributed by atoms with Gasteiger partial charge in [0, 0.05) is 5.56 Å². The van der Waals surface area contributed by atoms with Crippen molar-refractivity contribution in [3.8, 4) is 5.75 Å². The first-order valence-electron chi connectivity index (χ1n) is 6.97. The van der Waals surface area contributed by atoms with E-state index in [2.05, 4.69) is 0 Å². The highest BCUT2D eigenvalue weighted by atomic mass is 32.2. The Hall–Kier alpha value is -1.86. The third-order valence-electron chi connectivity index (χ3n) is 3.40. The third-order valence-corrected chi connectivity index (χ3v) is 4.73. The van der Waals surface area contributed by atoms with Gasteiger partial charge in [-0.05, 0) is 18.1 Å². The molecule has 2 rings (SSSR count). The highest BCUT2D eigenvalue weighted by Crippen LogP contribution is 2.36. The summed E-state index contributed by atoms with van der Waals surface area (Å²) in [5.74, 6) is -1.42. The third kappa shape index (κ3) is 3.56. The average molecular weight is 350 g/mol. The smallest absolute Gasteiger partial charge is 0.266 e. The zero-order valence-corrected chi connectivity index (χ0v) is 14.6. The summed E-state index contributed by atoms with van der Waals surface area (Å²) in [4.78, 5) is 25.5. The van der Waals surface area contributed by atoms with E-state index in [0.717, 1.165) is 22.2 Å². The van der Waals surface area contributed by atoms with Gasteiger partial charge in [-0.1, -0.05) is 56.0 Å². The lowest BCUT2D eigenvalue weighted by atomic mass is 10.0. The summed E-state index contributed by atoms with van der Waals surface area (Å²) in [6.45, 7) is 3.42. The lowest BCUT2D eigenvalue weighted by Crippen LogP contribution is -2.52. The predicted octanol–water partition coefficient (Wildman–Crippen LogP) is 1.67. The highest BCUT2D eigenvalue weighted by molar-refractivity contribution is 8.26. The van der Waals surface area contributed by atoms with Crippen molar-refractivity contribution in [1.82, 2.24) is 4.90 Å². The van der Waals surface area contributed by atoms with Gasteiger partial charge in [0.05, 0.1) is 24.0 Å². The van der Waals surface area contributed by atoms with Crippen LogP contribution in [0.5, 0.6) is 5.75 Å². The highest BCUT2D eigenvalue weighted by Gasteiger charge is 2.39. The van der Waals surface area contributed by atoms with E-state index in [1.165, 1.54) is 0 Å². The molecule has 1 heterocycles. The normalized spacial score (nSPS) is 17.9. The maximum absolute atomic E-state index is 12.6. The van der Waals surface area contributed by atoms with E-state index in [9.17, 15) is 14.7 Å². The molecule has 1 aliphatic heterocycles. The summed E-state index contributed by atoms with van der Waals surface area (Å²) in [7, 11) is 1.54. The molecule has 1 aliphatic rings. The van der Waals surface area contributed by atoms with Crippen molar-refractivity contribution in [2.24, 2.45) is 5.92 Å². The van der Waals surface area contributed by atoms with Crippen molar-refractivity contribution < 1.29 is 19.4 Å². The van der Waals surface area contributed by atoms with Crippen LogP contribution in [0.1, 0.15) is 19.4 Å². The second-order valence-electron chi connectivity index (χ2n) is 5.30. The van der Waals surface area contributed by atoms with Gasteiger partial charge in [-0.3, -0.25) is 9.69 Å². The van der Waals surface area contributed by atoms with E-state index >= 15 is 0 Å². The molecule has 0 saturated carbocycles. The predicted molar refractivity (Wildman–Crippen MR) is 91.6 cm³/mol. The van der Waals surface area contributed by atoms with Gasteiger partial charge in [-0.25, -0.2) is 0 Å². The molecule has 0 aromatic heterocycles. The molecule has 1 aromatic rings. The molecule has 0 unspecified atom stereocenters. The number of carbonyl (C=O) groups excluding carboxylic acids is 2. The van der Waals surface area contributed by atoms with Gasteiger partial charge in [0.15, 0.2) is 0 Å². The van der Waals surface area contributed by atoms with Crippen LogP contribution in [-0.2, 0) is 9.59 Å². The van der Waals surface area contributed by atoms with E-state index in [4.69, 9.17) is 17.0 Å². The van der Waals surface area contributed by atoms with Gasteiger partial charge < -0.3 is 14.6 Å². The lowest BCUT2D eigenvalue weighted by molar-refractivity contribution is -0.311. The molecule has 1 atom stereocenters. The van der Waals surface area contributed by atoms with E-state index in [1.54, 1.807) is 33.1 Å². The van der Waals surface area contributed by atoms with Gasteiger partial charge in [-0.2, -0.15) is 0 Å². The van der Waals surface area contributed by atoms with Crippen LogP contribution in [0.4, 0.5) is 0 Å². The summed E-state index contributed by atoms with van der Waals surface area (Å²) in [5.41, 5.74) is 0.727. The maximum Gasteiger partial charge on any atom is 0.266 e. The van der Waals surface area contributed by atoms with Gasteiger partial charge in [0.2, 0.25) is 0 Å². The van der Waals surface area contributed by atoms with Crippen molar-refractivity contribution in [1.29, 1.82) is 0 Å². The van der Waals surface area contributed by atoms with E-state index in [1.807, 2.05) is 18.2 Å². The summed E-state index contributed by atoms with van der Waals surface area (Å²) in [6.07, 6.45) is 1.66. The number of carbonyl (C=O) groups is 2. The molecule has 0 aliphatic carbocycles. The van der Waals surface area contributed by atoms with Gasteiger partial charge in [-0.15, -0.1) is 0 Å². The average Bonchev–Trinajstić information content (AvgIpc) is 2.75. The van der Waals surface area contributed by atoms with Crippen LogP contribution in [0.25, 0.3) is 6.08 Å². The Balaban J connectivity index is 2.38.